The van der Waals surface area contributed by atoms with Crippen molar-refractivity contribution in [2.75, 3.05) is 5.32 Å². The average molecular weight is 316 g/mol. The van der Waals surface area contributed by atoms with E-state index in [0.717, 1.165) is 9.99 Å². The van der Waals surface area contributed by atoms with Gasteiger partial charge in [-0.15, -0.1) is 0 Å². The van der Waals surface area contributed by atoms with Gasteiger partial charge < -0.3 is 0 Å². The summed E-state index contributed by atoms with van der Waals surface area (Å²) >= 11 is 3.34. The zero-order chi connectivity index (χ0) is 13.2. The van der Waals surface area contributed by atoms with E-state index in [1.165, 1.54) is 0 Å². The molecule has 2 heterocycles. The first-order valence-electron chi connectivity index (χ1n) is 5.73. The van der Waals surface area contributed by atoms with E-state index < -0.39 is 0 Å². The summed E-state index contributed by atoms with van der Waals surface area (Å²) in [6.45, 7) is 0. The molecule has 0 saturated carbocycles. The Morgan fingerprint density at radius 1 is 1.16 bits per heavy atom. The van der Waals surface area contributed by atoms with E-state index in [1.807, 2.05) is 40.9 Å². The van der Waals surface area contributed by atoms with Gasteiger partial charge in [0, 0.05) is 16.2 Å². The van der Waals surface area contributed by atoms with Gasteiger partial charge in [-0.1, -0.05) is 22.0 Å². The van der Waals surface area contributed by atoms with Crippen LogP contribution in [-0.2, 0) is 0 Å². The van der Waals surface area contributed by atoms with Crippen molar-refractivity contribution in [3.05, 3.63) is 64.9 Å². The minimum atomic E-state index is -0.177. The molecule has 2 aromatic heterocycles. The molecule has 0 fully saturated rings. The van der Waals surface area contributed by atoms with Crippen molar-refractivity contribution in [1.82, 2.24) is 9.38 Å². The van der Waals surface area contributed by atoms with Crippen LogP contribution < -0.4 is 5.32 Å². The number of carbonyl (C=O) groups excluding carboxylic acids is 1. The van der Waals surface area contributed by atoms with Crippen LogP contribution in [0.3, 0.4) is 0 Å². The van der Waals surface area contributed by atoms with Gasteiger partial charge >= 0.3 is 0 Å². The van der Waals surface area contributed by atoms with E-state index in [9.17, 15) is 4.79 Å². The number of nitrogens with one attached hydrogen (secondary N) is 1. The molecule has 0 aliphatic rings. The molecule has 0 aliphatic heterocycles. The van der Waals surface area contributed by atoms with Gasteiger partial charge in [0.25, 0.3) is 5.91 Å². The Balaban J connectivity index is 1.89. The van der Waals surface area contributed by atoms with Crippen molar-refractivity contribution >= 4 is 33.3 Å². The van der Waals surface area contributed by atoms with E-state index in [1.54, 1.807) is 18.3 Å². The average Bonchev–Trinajstić information content (AvgIpc) is 2.83. The number of carbonyl (C=O) groups is 1. The zero-order valence-corrected chi connectivity index (χ0v) is 11.5. The highest BCUT2D eigenvalue weighted by Crippen LogP contribution is 2.14. The Labute approximate surface area is 118 Å². The maximum atomic E-state index is 12.1. The number of fused-ring (bicyclic) bond motifs is 1. The third kappa shape index (κ3) is 2.37. The van der Waals surface area contributed by atoms with Gasteiger partial charge in [-0.25, -0.2) is 4.98 Å². The predicted octanol–water partition coefficient (Wildman–Crippen LogP) is 3.35. The van der Waals surface area contributed by atoms with Gasteiger partial charge in [-0.2, -0.15) is 0 Å². The van der Waals surface area contributed by atoms with Crippen molar-refractivity contribution in [3.63, 3.8) is 0 Å². The summed E-state index contributed by atoms with van der Waals surface area (Å²) in [5, 5.41) is 2.80. The number of imidazole rings is 1. The Kier molecular flexibility index (Phi) is 3.05. The first-order chi connectivity index (χ1) is 9.24. The van der Waals surface area contributed by atoms with Crippen molar-refractivity contribution in [3.8, 4) is 0 Å². The quantitative estimate of drug-likeness (QED) is 0.788. The maximum absolute atomic E-state index is 12.1. The second-order valence-corrected chi connectivity index (χ2v) is 4.95. The monoisotopic (exact) mass is 315 g/mol. The fraction of sp³-hybridized carbons (Fsp3) is 0. The van der Waals surface area contributed by atoms with E-state index >= 15 is 0 Å². The Hall–Kier alpha value is -2.14. The van der Waals surface area contributed by atoms with Crippen LogP contribution in [0.15, 0.2) is 59.3 Å². The Morgan fingerprint density at radius 2 is 1.95 bits per heavy atom. The highest BCUT2D eigenvalue weighted by molar-refractivity contribution is 9.10. The normalized spacial score (nSPS) is 10.6. The largest absolute Gasteiger partial charge is 0.292 e. The van der Waals surface area contributed by atoms with Crippen LogP contribution in [0.25, 0.3) is 5.52 Å². The first-order valence-corrected chi connectivity index (χ1v) is 6.52. The van der Waals surface area contributed by atoms with Crippen molar-refractivity contribution in [2.24, 2.45) is 0 Å². The van der Waals surface area contributed by atoms with Crippen LogP contribution >= 0.6 is 15.9 Å². The molecule has 0 aliphatic carbocycles. The molecule has 3 rings (SSSR count). The summed E-state index contributed by atoms with van der Waals surface area (Å²) in [7, 11) is 0. The number of amides is 1. The lowest BCUT2D eigenvalue weighted by molar-refractivity contribution is 0.102. The van der Waals surface area contributed by atoms with Gasteiger partial charge in [0.15, 0.2) is 0 Å². The number of rotatable bonds is 2. The molecule has 3 aromatic rings. The van der Waals surface area contributed by atoms with Crippen LogP contribution in [0, 0.1) is 0 Å². The molecule has 4 nitrogen and oxygen atoms in total. The van der Waals surface area contributed by atoms with Crippen molar-refractivity contribution in [1.29, 1.82) is 0 Å². The summed E-state index contributed by atoms with van der Waals surface area (Å²) in [6.07, 6.45) is 3.58. The number of anilines is 1. The molecular formula is C14H10BrN3O. The molecule has 0 atom stereocenters. The molecule has 19 heavy (non-hydrogen) atoms. The molecule has 0 spiro atoms. The molecule has 0 saturated heterocycles. The molecule has 0 radical (unpaired) electrons. The van der Waals surface area contributed by atoms with Crippen LogP contribution in [0.1, 0.15) is 10.4 Å². The standard InChI is InChI=1S/C14H10BrN3O/c15-11-6-4-10(5-7-11)13(19)17-14-16-9-12-3-1-2-8-18(12)14/h1-9H,(H,16,17,19). The fourth-order valence-electron chi connectivity index (χ4n) is 1.81. The first kappa shape index (κ1) is 11.9. The zero-order valence-electron chi connectivity index (χ0n) is 9.88. The summed E-state index contributed by atoms with van der Waals surface area (Å²) in [5.41, 5.74) is 1.53. The topological polar surface area (TPSA) is 46.4 Å². The van der Waals surface area contributed by atoms with Gasteiger partial charge in [0.2, 0.25) is 5.95 Å². The van der Waals surface area contributed by atoms with Gasteiger partial charge in [-0.3, -0.25) is 14.5 Å². The minimum absolute atomic E-state index is 0.177. The van der Waals surface area contributed by atoms with E-state index in [0.29, 0.717) is 11.5 Å². The van der Waals surface area contributed by atoms with Gasteiger partial charge in [-0.05, 0) is 36.4 Å². The molecule has 1 aromatic carbocycles. The molecule has 0 bridgehead atoms. The van der Waals surface area contributed by atoms with Crippen LogP contribution in [0.4, 0.5) is 5.95 Å². The highest BCUT2D eigenvalue weighted by Gasteiger charge is 2.09. The highest BCUT2D eigenvalue weighted by atomic mass is 79.9. The predicted molar refractivity (Wildman–Crippen MR) is 77.3 cm³/mol. The molecular weight excluding hydrogens is 306 g/mol. The second-order valence-electron chi connectivity index (χ2n) is 4.04. The summed E-state index contributed by atoms with van der Waals surface area (Å²) in [5.74, 6) is 0.340. The molecule has 94 valence electrons. The third-order valence-electron chi connectivity index (χ3n) is 2.77. The number of pyridine rings is 1. The fourth-order valence-corrected chi connectivity index (χ4v) is 2.08. The molecule has 0 unspecified atom stereocenters. The summed E-state index contributed by atoms with van der Waals surface area (Å²) < 4.78 is 2.77. The number of aromatic nitrogens is 2. The third-order valence-corrected chi connectivity index (χ3v) is 3.30. The number of halogens is 1. The summed E-state index contributed by atoms with van der Waals surface area (Å²) in [4.78, 5) is 16.3. The van der Waals surface area contributed by atoms with Crippen LogP contribution in [-0.4, -0.2) is 15.3 Å². The number of hydrogen-bond donors (Lipinski definition) is 1. The van der Waals surface area contributed by atoms with E-state index in [2.05, 4.69) is 26.2 Å². The van der Waals surface area contributed by atoms with Crippen molar-refractivity contribution in [2.45, 2.75) is 0 Å². The molecule has 1 N–H and O–H groups in total. The number of benzene rings is 1. The van der Waals surface area contributed by atoms with Crippen LogP contribution in [0.5, 0.6) is 0 Å². The number of hydrogen-bond acceptors (Lipinski definition) is 2. The van der Waals surface area contributed by atoms with Crippen LogP contribution in [0.2, 0.25) is 0 Å². The minimum Gasteiger partial charge on any atom is -0.292 e. The van der Waals surface area contributed by atoms with Gasteiger partial charge in [0.05, 0.1) is 11.7 Å². The summed E-state index contributed by atoms with van der Waals surface area (Å²) in [6, 6.07) is 12.9. The lowest BCUT2D eigenvalue weighted by Crippen LogP contribution is -2.13. The Morgan fingerprint density at radius 3 is 2.74 bits per heavy atom. The smallest absolute Gasteiger partial charge is 0.257 e. The SMILES string of the molecule is O=C(Nc1ncc2ccccn12)c1ccc(Br)cc1. The lowest BCUT2D eigenvalue weighted by atomic mass is 10.2. The van der Waals surface area contributed by atoms with E-state index in [-0.39, 0.29) is 5.91 Å². The van der Waals surface area contributed by atoms with Crippen molar-refractivity contribution < 1.29 is 4.79 Å². The van der Waals surface area contributed by atoms with E-state index in [4.69, 9.17) is 0 Å². The lowest BCUT2D eigenvalue weighted by Gasteiger charge is -2.04. The number of nitrogens with zero attached hydrogens (tertiary/aromatic N) is 2. The second kappa shape index (κ2) is 4.85. The molecule has 5 heteroatoms. The molecule has 1 amide bonds. The Bertz CT molecular complexity index is 734. The van der Waals surface area contributed by atoms with Gasteiger partial charge in [0.1, 0.15) is 0 Å². The maximum Gasteiger partial charge on any atom is 0.257 e.